The Kier molecular flexibility index (Phi) is 12.8. The van der Waals surface area contributed by atoms with E-state index in [2.05, 4.69) is 24.1 Å². The fraction of sp³-hybridized carbons (Fsp3) is 1.00. The van der Waals surface area contributed by atoms with Crippen molar-refractivity contribution in [2.75, 3.05) is 6.54 Å². The Morgan fingerprint density at radius 2 is 1.19 bits per heavy atom. The molecule has 2 fully saturated rings. The standard InChI is InChI=1S/C25H50N2/c1-3-5-6-7-8-9-16-21-25(26-22-4-2)27(23-17-12-10-13-18-23)24-19-14-11-15-20-24/h23-26H,3-22H2,1-2H3. The van der Waals surface area contributed by atoms with Gasteiger partial charge in [-0.25, -0.2) is 0 Å². The van der Waals surface area contributed by atoms with Gasteiger partial charge in [-0.3, -0.25) is 4.90 Å². The molecule has 0 amide bonds. The average Bonchev–Trinajstić information content (AvgIpc) is 2.72. The van der Waals surface area contributed by atoms with Crippen LogP contribution in [0.3, 0.4) is 0 Å². The van der Waals surface area contributed by atoms with Crippen molar-refractivity contribution in [1.82, 2.24) is 10.2 Å². The minimum absolute atomic E-state index is 0.645. The maximum Gasteiger partial charge on any atom is 0.0602 e. The van der Waals surface area contributed by atoms with E-state index in [4.69, 9.17) is 0 Å². The van der Waals surface area contributed by atoms with E-state index in [9.17, 15) is 0 Å². The van der Waals surface area contributed by atoms with Gasteiger partial charge in [0.2, 0.25) is 0 Å². The van der Waals surface area contributed by atoms with Crippen LogP contribution in [0.2, 0.25) is 0 Å². The largest absolute Gasteiger partial charge is 0.302 e. The van der Waals surface area contributed by atoms with Gasteiger partial charge in [0, 0.05) is 12.1 Å². The van der Waals surface area contributed by atoms with E-state index in [0.29, 0.717) is 6.17 Å². The third-order valence-electron chi connectivity index (χ3n) is 7.06. The summed E-state index contributed by atoms with van der Waals surface area (Å²) in [6.07, 6.45) is 27.9. The molecule has 160 valence electrons. The van der Waals surface area contributed by atoms with Crippen molar-refractivity contribution >= 4 is 0 Å². The predicted octanol–water partition coefficient (Wildman–Crippen LogP) is 7.42. The van der Waals surface area contributed by atoms with Crippen molar-refractivity contribution in [3.05, 3.63) is 0 Å². The van der Waals surface area contributed by atoms with Crippen LogP contribution in [0.25, 0.3) is 0 Å². The van der Waals surface area contributed by atoms with Crippen LogP contribution in [-0.4, -0.2) is 29.7 Å². The monoisotopic (exact) mass is 378 g/mol. The van der Waals surface area contributed by atoms with Crippen molar-refractivity contribution < 1.29 is 0 Å². The number of unbranched alkanes of at least 4 members (excludes halogenated alkanes) is 6. The minimum Gasteiger partial charge on any atom is -0.302 e. The maximum absolute atomic E-state index is 4.00. The molecule has 2 nitrogen and oxygen atoms in total. The van der Waals surface area contributed by atoms with Crippen LogP contribution >= 0.6 is 0 Å². The predicted molar refractivity (Wildman–Crippen MR) is 120 cm³/mol. The van der Waals surface area contributed by atoms with Gasteiger partial charge in [-0.1, -0.05) is 97.3 Å². The zero-order valence-corrected chi connectivity index (χ0v) is 18.8. The molecule has 2 rings (SSSR count). The number of rotatable bonds is 14. The maximum atomic E-state index is 4.00. The van der Waals surface area contributed by atoms with Crippen molar-refractivity contribution in [3.8, 4) is 0 Å². The summed E-state index contributed by atoms with van der Waals surface area (Å²) in [7, 11) is 0. The van der Waals surface area contributed by atoms with Crippen molar-refractivity contribution in [2.45, 2.75) is 154 Å². The molecule has 0 radical (unpaired) electrons. The lowest BCUT2D eigenvalue weighted by Crippen LogP contribution is -2.56. The highest BCUT2D eigenvalue weighted by Crippen LogP contribution is 2.32. The summed E-state index contributed by atoms with van der Waals surface area (Å²) in [5.41, 5.74) is 0. The Morgan fingerprint density at radius 3 is 1.70 bits per heavy atom. The molecule has 27 heavy (non-hydrogen) atoms. The molecule has 0 aromatic carbocycles. The molecular weight excluding hydrogens is 328 g/mol. The molecule has 0 heterocycles. The summed E-state index contributed by atoms with van der Waals surface area (Å²) < 4.78 is 0. The summed E-state index contributed by atoms with van der Waals surface area (Å²) in [5.74, 6) is 0. The van der Waals surface area contributed by atoms with E-state index in [1.807, 2.05) is 0 Å². The smallest absolute Gasteiger partial charge is 0.0602 e. The first-order valence-corrected chi connectivity index (χ1v) is 12.9. The van der Waals surface area contributed by atoms with Gasteiger partial charge in [0.15, 0.2) is 0 Å². The van der Waals surface area contributed by atoms with E-state index < -0.39 is 0 Å². The lowest BCUT2D eigenvalue weighted by molar-refractivity contribution is 0.0182. The van der Waals surface area contributed by atoms with Crippen LogP contribution in [0.4, 0.5) is 0 Å². The fourth-order valence-electron chi connectivity index (χ4n) is 5.53. The number of nitrogens with zero attached hydrogens (tertiary/aromatic N) is 1. The first-order chi connectivity index (χ1) is 13.4. The van der Waals surface area contributed by atoms with Gasteiger partial charge < -0.3 is 5.32 Å². The van der Waals surface area contributed by atoms with E-state index >= 15 is 0 Å². The summed E-state index contributed by atoms with van der Waals surface area (Å²) >= 11 is 0. The molecule has 2 aliphatic rings. The van der Waals surface area contributed by atoms with E-state index in [1.165, 1.54) is 129 Å². The van der Waals surface area contributed by atoms with Gasteiger partial charge in [0.1, 0.15) is 0 Å². The number of hydrogen-bond acceptors (Lipinski definition) is 2. The Hall–Kier alpha value is -0.0800. The Labute approximate surface area is 171 Å². The SMILES string of the molecule is CCCCCCCCCC(NCCC)N(C1CCCCC1)C1CCCCC1. The molecule has 2 aliphatic carbocycles. The third kappa shape index (κ3) is 8.86. The molecule has 0 aliphatic heterocycles. The molecule has 1 N–H and O–H groups in total. The first kappa shape index (κ1) is 23.2. The topological polar surface area (TPSA) is 15.3 Å². The first-order valence-electron chi connectivity index (χ1n) is 12.9. The van der Waals surface area contributed by atoms with Crippen molar-refractivity contribution in [3.63, 3.8) is 0 Å². The average molecular weight is 379 g/mol. The van der Waals surface area contributed by atoms with E-state index in [0.717, 1.165) is 12.1 Å². The lowest BCUT2D eigenvalue weighted by atomic mass is 9.87. The minimum atomic E-state index is 0.645. The highest BCUT2D eigenvalue weighted by molar-refractivity contribution is 4.87. The summed E-state index contributed by atoms with van der Waals surface area (Å²) in [6, 6.07) is 1.72. The molecule has 2 heteroatoms. The third-order valence-corrected chi connectivity index (χ3v) is 7.06. The van der Waals surface area contributed by atoms with Gasteiger partial charge in [-0.15, -0.1) is 0 Å². The molecule has 0 aromatic rings. The zero-order valence-electron chi connectivity index (χ0n) is 18.8. The van der Waals surface area contributed by atoms with Crippen LogP contribution in [-0.2, 0) is 0 Å². The van der Waals surface area contributed by atoms with Gasteiger partial charge in [-0.2, -0.15) is 0 Å². The molecule has 1 atom stereocenters. The van der Waals surface area contributed by atoms with Crippen LogP contribution in [0.15, 0.2) is 0 Å². The van der Waals surface area contributed by atoms with E-state index in [-0.39, 0.29) is 0 Å². The lowest BCUT2D eigenvalue weighted by Gasteiger charge is -2.46. The second kappa shape index (κ2) is 14.9. The molecule has 1 unspecified atom stereocenters. The quantitative estimate of drug-likeness (QED) is 0.250. The molecule has 0 spiro atoms. The van der Waals surface area contributed by atoms with Crippen LogP contribution in [0.5, 0.6) is 0 Å². The van der Waals surface area contributed by atoms with Crippen molar-refractivity contribution in [1.29, 1.82) is 0 Å². The zero-order chi connectivity index (χ0) is 19.2. The van der Waals surface area contributed by atoms with Crippen LogP contribution in [0.1, 0.15) is 136 Å². The molecule has 0 saturated heterocycles. The molecular formula is C25H50N2. The number of hydrogen-bond donors (Lipinski definition) is 1. The second-order valence-corrected chi connectivity index (χ2v) is 9.41. The van der Waals surface area contributed by atoms with Gasteiger partial charge >= 0.3 is 0 Å². The van der Waals surface area contributed by atoms with Gasteiger partial charge in [0.25, 0.3) is 0 Å². The summed E-state index contributed by atoms with van der Waals surface area (Å²) in [5, 5.41) is 4.00. The normalized spacial score (nSPS) is 21.0. The Bertz CT molecular complexity index is 313. The Balaban J connectivity index is 1.89. The Morgan fingerprint density at radius 1 is 0.667 bits per heavy atom. The second-order valence-electron chi connectivity index (χ2n) is 9.41. The van der Waals surface area contributed by atoms with Crippen molar-refractivity contribution in [2.24, 2.45) is 0 Å². The van der Waals surface area contributed by atoms with Gasteiger partial charge in [-0.05, 0) is 45.1 Å². The fourth-order valence-corrected chi connectivity index (χ4v) is 5.53. The molecule has 0 aromatic heterocycles. The summed E-state index contributed by atoms with van der Waals surface area (Å²) in [6.45, 7) is 5.83. The highest BCUT2D eigenvalue weighted by atomic mass is 15.3. The highest BCUT2D eigenvalue weighted by Gasteiger charge is 2.33. The molecule has 0 bridgehead atoms. The van der Waals surface area contributed by atoms with Crippen LogP contribution < -0.4 is 5.32 Å². The molecule has 2 saturated carbocycles. The van der Waals surface area contributed by atoms with Crippen LogP contribution in [0, 0.1) is 0 Å². The van der Waals surface area contributed by atoms with Gasteiger partial charge in [0.05, 0.1) is 6.17 Å². The van der Waals surface area contributed by atoms with E-state index in [1.54, 1.807) is 0 Å². The number of nitrogens with one attached hydrogen (secondary N) is 1. The summed E-state index contributed by atoms with van der Waals surface area (Å²) in [4.78, 5) is 3.03.